The van der Waals surface area contributed by atoms with Crippen LogP contribution in [0.1, 0.15) is 15.9 Å². The first-order chi connectivity index (χ1) is 10.7. The lowest BCUT2D eigenvalue weighted by Crippen LogP contribution is -1.95. The second-order valence-electron chi connectivity index (χ2n) is 4.64. The molecule has 0 radical (unpaired) electrons. The van der Waals surface area contributed by atoms with Crippen molar-refractivity contribution in [1.82, 2.24) is 0 Å². The van der Waals surface area contributed by atoms with Crippen LogP contribution in [0.4, 0.5) is 5.69 Å². The lowest BCUT2D eigenvalue weighted by Gasteiger charge is -1.97. The Labute approximate surface area is 126 Å². The first kappa shape index (κ1) is 13.8. The van der Waals surface area contributed by atoms with Gasteiger partial charge in [0, 0.05) is 11.8 Å². The highest BCUT2D eigenvalue weighted by Gasteiger charge is 2.04. The largest absolute Gasteiger partial charge is 0.478 e. The number of hydrogen-bond donors (Lipinski definition) is 1. The molecular formula is C17H13N2O3+. The Bertz CT molecular complexity index is 789. The molecule has 0 atom stereocenters. The van der Waals surface area contributed by atoms with Crippen molar-refractivity contribution in [3.8, 4) is 11.3 Å². The number of H-pyrrole nitrogens is 1. The second kappa shape index (κ2) is 6.05. The summed E-state index contributed by atoms with van der Waals surface area (Å²) >= 11 is 0. The molecule has 0 fully saturated rings. The van der Waals surface area contributed by atoms with Crippen molar-refractivity contribution in [1.29, 1.82) is 0 Å². The minimum Gasteiger partial charge on any atom is -0.478 e. The molecule has 2 N–H and O–H groups in total. The number of aromatic amines is 1. The van der Waals surface area contributed by atoms with Gasteiger partial charge in [0.25, 0.3) is 0 Å². The second-order valence-corrected chi connectivity index (χ2v) is 4.64. The van der Waals surface area contributed by atoms with Gasteiger partial charge in [0.2, 0.25) is 12.0 Å². The standard InChI is InChI=1S/C17H12N2O3/c20-17(21)14-3-1-12(2-4-14)9-19-15-7-5-13(6-8-15)16-10-18-11-22-16/h1-11H,(H,20,21)/p+1. The molecule has 0 saturated heterocycles. The number of benzene rings is 2. The Balaban J connectivity index is 1.73. The number of carbonyl (C=O) groups is 1. The minimum atomic E-state index is -0.936. The molecule has 108 valence electrons. The summed E-state index contributed by atoms with van der Waals surface area (Å²) < 4.78 is 5.28. The van der Waals surface area contributed by atoms with Crippen molar-refractivity contribution in [2.24, 2.45) is 4.99 Å². The van der Waals surface area contributed by atoms with E-state index in [1.54, 1.807) is 36.7 Å². The van der Waals surface area contributed by atoms with Gasteiger partial charge in [-0.3, -0.25) is 4.99 Å². The normalized spacial score (nSPS) is 10.9. The maximum absolute atomic E-state index is 10.8. The smallest absolute Gasteiger partial charge is 0.335 e. The van der Waals surface area contributed by atoms with Crippen LogP contribution in [0.5, 0.6) is 0 Å². The fraction of sp³-hybridized carbons (Fsp3) is 0. The lowest BCUT2D eigenvalue weighted by molar-refractivity contribution is -0.383. The highest BCUT2D eigenvalue weighted by molar-refractivity contribution is 5.89. The van der Waals surface area contributed by atoms with Crippen LogP contribution in [0, 0.1) is 0 Å². The quantitative estimate of drug-likeness (QED) is 0.750. The molecule has 0 bridgehead atoms. The molecule has 0 aliphatic heterocycles. The third-order valence-electron chi connectivity index (χ3n) is 3.14. The van der Waals surface area contributed by atoms with Crippen molar-refractivity contribution < 1.29 is 19.3 Å². The van der Waals surface area contributed by atoms with Gasteiger partial charge < -0.3 is 9.52 Å². The van der Waals surface area contributed by atoms with E-state index < -0.39 is 5.97 Å². The Morgan fingerprint density at radius 3 is 2.41 bits per heavy atom. The molecule has 3 aromatic rings. The molecule has 1 heterocycles. The molecule has 2 aromatic carbocycles. The zero-order valence-electron chi connectivity index (χ0n) is 11.6. The summed E-state index contributed by atoms with van der Waals surface area (Å²) in [5.74, 6) is -0.172. The topological polar surface area (TPSA) is 76.9 Å². The molecule has 5 heteroatoms. The zero-order valence-corrected chi connectivity index (χ0v) is 11.6. The molecule has 0 amide bonds. The Hall–Kier alpha value is -3.21. The number of carboxylic acid groups (broad SMARTS) is 1. The van der Waals surface area contributed by atoms with E-state index in [2.05, 4.69) is 9.98 Å². The zero-order chi connectivity index (χ0) is 15.4. The number of nitrogens with zero attached hydrogens (tertiary/aromatic N) is 1. The van der Waals surface area contributed by atoms with Gasteiger partial charge in [-0.15, -0.1) is 0 Å². The predicted molar refractivity (Wildman–Crippen MR) is 81.4 cm³/mol. The molecule has 0 saturated carbocycles. The first-order valence-corrected chi connectivity index (χ1v) is 6.65. The number of oxazole rings is 1. The minimum absolute atomic E-state index is 0.261. The van der Waals surface area contributed by atoms with Crippen LogP contribution in [-0.4, -0.2) is 17.3 Å². The van der Waals surface area contributed by atoms with Gasteiger partial charge in [0.05, 0.1) is 11.3 Å². The predicted octanol–water partition coefficient (Wildman–Crippen LogP) is 3.21. The van der Waals surface area contributed by atoms with Crippen molar-refractivity contribution in [3.05, 3.63) is 72.2 Å². The van der Waals surface area contributed by atoms with Gasteiger partial charge in [-0.05, 0) is 42.0 Å². The van der Waals surface area contributed by atoms with Gasteiger partial charge in [-0.1, -0.05) is 12.1 Å². The average molecular weight is 293 g/mol. The van der Waals surface area contributed by atoms with Crippen molar-refractivity contribution >= 4 is 17.9 Å². The van der Waals surface area contributed by atoms with E-state index in [0.717, 1.165) is 22.6 Å². The Kier molecular flexibility index (Phi) is 3.78. The fourth-order valence-corrected chi connectivity index (χ4v) is 1.97. The molecule has 0 aliphatic rings. The number of aromatic nitrogens is 1. The van der Waals surface area contributed by atoms with E-state index in [-0.39, 0.29) is 5.56 Å². The van der Waals surface area contributed by atoms with Crippen molar-refractivity contribution in [2.45, 2.75) is 0 Å². The molecule has 0 unspecified atom stereocenters. The van der Waals surface area contributed by atoms with Crippen LogP contribution in [0.2, 0.25) is 0 Å². The van der Waals surface area contributed by atoms with Crippen molar-refractivity contribution in [2.75, 3.05) is 0 Å². The van der Waals surface area contributed by atoms with Gasteiger partial charge >= 0.3 is 12.4 Å². The third kappa shape index (κ3) is 3.09. The van der Waals surface area contributed by atoms with Gasteiger partial charge in [-0.2, -0.15) is 4.98 Å². The van der Waals surface area contributed by atoms with Gasteiger partial charge in [0.15, 0.2) is 0 Å². The molecule has 3 rings (SSSR count). The van der Waals surface area contributed by atoms with Crippen LogP contribution in [0.25, 0.3) is 11.3 Å². The summed E-state index contributed by atoms with van der Waals surface area (Å²) in [7, 11) is 0. The summed E-state index contributed by atoms with van der Waals surface area (Å²) in [5, 5.41) is 8.84. The molecule has 0 spiro atoms. The number of aliphatic imine (C=N–C) groups is 1. The van der Waals surface area contributed by atoms with E-state index >= 15 is 0 Å². The van der Waals surface area contributed by atoms with Crippen LogP contribution in [0.15, 0.2) is 70.5 Å². The number of rotatable bonds is 4. The maximum atomic E-state index is 10.8. The number of aromatic carboxylic acids is 1. The van der Waals surface area contributed by atoms with Crippen LogP contribution < -0.4 is 4.98 Å². The summed E-state index contributed by atoms with van der Waals surface area (Å²) in [6.45, 7) is 0. The fourth-order valence-electron chi connectivity index (χ4n) is 1.97. The van der Waals surface area contributed by atoms with E-state index in [4.69, 9.17) is 9.52 Å². The Morgan fingerprint density at radius 1 is 1.09 bits per heavy atom. The Morgan fingerprint density at radius 2 is 1.82 bits per heavy atom. The molecule has 1 aromatic heterocycles. The van der Waals surface area contributed by atoms with E-state index in [1.165, 1.54) is 6.39 Å². The van der Waals surface area contributed by atoms with E-state index in [0.29, 0.717) is 0 Å². The van der Waals surface area contributed by atoms with E-state index in [1.807, 2.05) is 24.3 Å². The molecule has 22 heavy (non-hydrogen) atoms. The van der Waals surface area contributed by atoms with Crippen LogP contribution in [-0.2, 0) is 0 Å². The summed E-state index contributed by atoms with van der Waals surface area (Å²) in [4.78, 5) is 18.0. The number of hydrogen-bond acceptors (Lipinski definition) is 3. The number of carboxylic acids is 1. The van der Waals surface area contributed by atoms with E-state index in [9.17, 15) is 4.79 Å². The van der Waals surface area contributed by atoms with Crippen LogP contribution >= 0.6 is 0 Å². The summed E-state index contributed by atoms with van der Waals surface area (Å²) in [6, 6.07) is 14.2. The highest BCUT2D eigenvalue weighted by Crippen LogP contribution is 2.21. The lowest BCUT2D eigenvalue weighted by atomic mass is 10.1. The third-order valence-corrected chi connectivity index (χ3v) is 3.14. The average Bonchev–Trinajstić information content (AvgIpc) is 3.08. The maximum Gasteiger partial charge on any atom is 0.335 e. The summed E-state index contributed by atoms with van der Waals surface area (Å²) in [6.07, 6.45) is 4.99. The molecule has 0 aliphatic carbocycles. The van der Waals surface area contributed by atoms with Crippen molar-refractivity contribution in [3.63, 3.8) is 0 Å². The molecule has 5 nitrogen and oxygen atoms in total. The van der Waals surface area contributed by atoms with Gasteiger partial charge in [-0.25, -0.2) is 4.79 Å². The summed E-state index contributed by atoms with van der Waals surface area (Å²) in [5.41, 5.74) is 2.87. The first-order valence-electron chi connectivity index (χ1n) is 6.65. The monoisotopic (exact) mass is 293 g/mol. The van der Waals surface area contributed by atoms with Gasteiger partial charge in [0.1, 0.15) is 0 Å². The SMILES string of the molecule is O=C(O)c1ccc(C=Nc2ccc(-c3c[nH+]co3)cc2)cc1. The van der Waals surface area contributed by atoms with Crippen LogP contribution in [0.3, 0.4) is 0 Å². The highest BCUT2D eigenvalue weighted by atomic mass is 16.4. The molecular weight excluding hydrogens is 280 g/mol. The number of nitrogens with one attached hydrogen (secondary N) is 1.